The quantitative estimate of drug-likeness (QED) is 0.559. The second-order valence-electron chi connectivity index (χ2n) is 5.40. The van der Waals surface area contributed by atoms with Gasteiger partial charge in [-0.25, -0.2) is 0 Å². The molecule has 1 heterocycles. The van der Waals surface area contributed by atoms with Crippen molar-refractivity contribution in [1.82, 2.24) is 0 Å². The molecule has 0 aliphatic heterocycles. The third-order valence-corrected chi connectivity index (χ3v) is 5.06. The van der Waals surface area contributed by atoms with E-state index >= 15 is 0 Å². The zero-order valence-electron chi connectivity index (χ0n) is 11.8. The van der Waals surface area contributed by atoms with Crippen LogP contribution in [0.3, 0.4) is 0 Å². The van der Waals surface area contributed by atoms with Gasteiger partial charge in [-0.05, 0) is 52.6 Å². The van der Waals surface area contributed by atoms with Gasteiger partial charge in [-0.1, -0.05) is 54.6 Å². The summed E-state index contributed by atoms with van der Waals surface area (Å²) in [5.41, 5.74) is 6.98. The Morgan fingerprint density at radius 1 is 0.762 bits per heavy atom. The number of benzene rings is 2. The van der Waals surface area contributed by atoms with E-state index in [9.17, 15) is 0 Å². The van der Waals surface area contributed by atoms with E-state index in [2.05, 4.69) is 72.1 Å². The molecule has 0 saturated heterocycles. The van der Waals surface area contributed by atoms with Gasteiger partial charge in [0.05, 0.1) is 0 Å². The van der Waals surface area contributed by atoms with E-state index in [1.807, 2.05) is 11.3 Å². The van der Waals surface area contributed by atoms with Gasteiger partial charge in [0, 0.05) is 10.5 Å². The molecular formula is C20H16S. The van der Waals surface area contributed by atoms with Crippen molar-refractivity contribution < 1.29 is 0 Å². The molecule has 21 heavy (non-hydrogen) atoms. The zero-order chi connectivity index (χ0) is 14.1. The van der Waals surface area contributed by atoms with Crippen molar-refractivity contribution in [2.24, 2.45) is 0 Å². The first-order valence-electron chi connectivity index (χ1n) is 7.33. The normalized spacial score (nSPS) is 15.3. The van der Waals surface area contributed by atoms with Crippen LogP contribution in [0.15, 0.2) is 66.0 Å². The third-order valence-electron chi connectivity index (χ3n) is 4.07. The molecule has 0 N–H and O–H groups in total. The average Bonchev–Trinajstić information content (AvgIpc) is 2.95. The van der Waals surface area contributed by atoms with Crippen LogP contribution in [0.1, 0.15) is 27.1 Å². The van der Waals surface area contributed by atoms with Gasteiger partial charge in [-0.15, -0.1) is 11.3 Å². The van der Waals surface area contributed by atoms with Crippen LogP contribution in [0.4, 0.5) is 0 Å². The molecule has 0 unspecified atom stereocenters. The summed E-state index contributed by atoms with van der Waals surface area (Å²) in [6.07, 6.45) is 4.60. The van der Waals surface area contributed by atoms with Crippen LogP contribution in [-0.2, 0) is 12.8 Å². The lowest BCUT2D eigenvalue weighted by atomic mass is 9.97. The molecule has 0 fully saturated rings. The molecule has 4 rings (SSSR count). The number of rotatable bonds is 1. The van der Waals surface area contributed by atoms with E-state index in [1.54, 1.807) is 0 Å². The van der Waals surface area contributed by atoms with Crippen molar-refractivity contribution in [1.29, 1.82) is 0 Å². The molecule has 0 bridgehead atoms. The predicted octanol–water partition coefficient (Wildman–Crippen LogP) is 5.44. The number of hydrogen-bond acceptors (Lipinski definition) is 1. The summed E-state index contributed by atoms with van der Waals surface area (Å²) in [5, 5.41) is 2.22. The molecule has 1 heteroatoms. The largest absolute Gasteiger partial charge is 0.144 e. The highest BCUT2D eigenvalue weighted by Crippen LogP contribution is 2.37. The van der Waals surface area contributed by atoms with Crippen LogP contribution in [0.25, 0.3) is 11.6 Å². The Morgan fingerprint density at radius 2 is 1.52 bits per heavy atom. The topological polar surface area (TPSA) is 0 Å². The van der Waals surface area contributed by atoms with Crippen LogP contribution in [0.2, 0.25) is 0 Å². The molecule has 3 aromatic rings. The number of aryl methyl sites for hydroxylation is 2. The SMILES string of the molecule is C(=C1\c2ccccc2CCc2ccsc21)/c1ccccc1. The minimum atomic E-state index is 1.13. The highest BCUT2D eigenvalue weighted by molar-refractivity contribution is 7.11. The van der Waals surface area contributed by atoms with Crippen molar-refractivity contribution in [2.75, 3.05) is 0 Å². The molecule has 0 spiro atoms. The van der Waals surface area contributed by atoms with E-state index in [4.69, 9.17) is 0 Å². The molecule has 1 aromatic heterocycles. The van der Waals surface area contributed by atoms with Crippen LogP contribution >= 0.6 is 11.3 Å². The van der Waals surface area contributed by atoms with Gasteiger partial charge in [0.2, 0.25) is 0 Å². The second kappa shape index (κ2) is 5.34. The maximum Gasteiger partial charge on any atom is 0.0381 e. The summed E-state index contributed by atoms with van der Waals surface area (Å²) < 4.78 is 0. The van der Waals surface area contributed by atoms with Crippen molar-refractivity contribution in [3.8, 4) is 0 Å². The van der Waals surface area contributed by atoms with E-state index in [-0.39, 0.29) is 0 Å². The lowest BCUT2D eigenvalue weighted by molar-refractivity contribution is 0.970. The standard InChI is InChI=1S/C20H16S/c1-2-6-15(7-3-1)14-19-18-9-5-4-8-16(18)10-11-17-12-13-21-20(17)19/h1-9,12-14H,10-11H2/b19-14-. The third kappa shape index (κ3) is 2.34. The van der Waals surface area contributed by atoms with Crippen molar-refractivity contribution in [2.45, 2.75) is 12.8 Å². The van der Waals surface area contributed by atoms with Crippen LogP contribution in [-0.4, -0.2) is 0 Å². The lowest BCUT2D eigenvalue weighted by Gasteiger charge is -2.09. The Labute approximate surface area is 129 Å². The van der Waals surface area contributed by atoms with Gasteiger partial charge in [-0.3, -0.25) is 0 Å². The zero-order valence-corrected chi connectivity index (χ0v) is 12.6. The molecule has 102 valence electrons. The molecule has 0 radical (unpaired) electrons. The Morgan fingerprint density at radius 3 is 2.43 bits per heavy atom. The molecule has 0 nitrogen and oxygen atoms in total. The van der Waals surface area contributed by atoms with Crippen molar-refractivity contribution in [3.63, 3.8) is 0 Å². The molecule has 0 saturated carbocycles. The van der Waals surface area contributed by atoms with E-state index in [1.165, 1.54) is 32.7 Å². The van der Waals surface area contributed by atoms with Crippen LogP contribution in [0, 0.1) is 0 Å². The Bertz CT molecular complexity index is 793. The number of fused-ring (bicyclic) bond motifs is 2. The highest BCUT2D eigenvalue weighted by Gasteiger charge is 2.18. The maximum atomic E-state index is 2.33. The van der Waals surface area contributed by atoms with Crippen LogP contribution < -0.4 is 0 Å². The van der Waals surface area contributed by atoms with Gasteiger partial charge < -0.3 is 0 Å². The van der Waals surface area contributed by atoms with E-state index < -0.39 is 0 Å². The number of hydrogen-bond donors (Lipinski definition) is 0. The van der Waals surface area contributed by atoms with Gasteiger partial charge in [0.15, 0.2) is 0 Å². The van der Waals surface area contributed by atoms with Gasteiger partial charge in [0.25, 0.3) is 0 Å². The molecule has 2 aromatic carbocycles. The Balaban J connectivity index is 1.96. The molecule has 0 atom stereocenters. The van der Waals surface area contributed by atoms with Gasteiger partial charge in [-0.2, -0.15) is 0 Å². The summed E-state index contributed by atoms with van der Waals surface area (Å²) in [7, 11) is 0. The fourth-order valence-electron chi connectivity index (χ4n) is 3.02. The molecule has 1 aliphatic rings. The summed E-state index contributed by atoms with van der Waals surface area (Å²) >= 11 is 1.86. The lowest BCUT2D eigenvalue weighted by Crippen LogP contribution is -1.91. The monoisotopic (exact) mass is 288 g/mol. The minimum absolute atomic E-state index is 1.13. The first-order chi connectivity index (χ1) is 10.4. The maximum absolute atomic E-state index is 2.33. The first-order valence-corrected chi connectivity index (χ1v) is 8.21. The first kappa shape index (κ1) is 12.6. The van der Waals surface area contributed by atoms with E-state index in [0.29, 0.717) is 0 Å². The predicted molar refractivity (Wildman–Crippen MR) is 91.6 cm³/mol. The second-order valence-corrected chi connectivity index (χ2v) is 6.32. The van der Waals surface area contributed by atoms with Crippen molar-refractivity contribution >= 4 is 23.0 Å². The fourth-order valence-corrected chi connectivity index (χ4v) is 4.01. The Kier molecular flexibility index (Phi) is 3.21. The average molecular weight is 288 g/mol. The molecular weight excluding hydrogens is 272 g/mol. The summed E-state index contributed by atoms with van der Waals surface area (Å²) in [5.74, 6) is 0. The number of thiophene rings is 1. The smallest absolute Gasteiger partial charge is 0.0381 e. The summed E-state index contributed by atoms with van der Waals surface area (Å²) in [6.45, 7) is 0. The van der Waals surface area contributed by atoms with Crippen molar-refractivity contribution in [3.05, 3.63) is 93.2 Å². The van der Waals surface area contributed by atoms with Gasteiger partial charge in [0.1, 0.15) is 0 Å². The van der Waals surface area contributed by atoms with Gasteiger partial charge >= 0.3 is 0 Å². The van der Waals surface area contributed by atoms with E-state index in [0.717, 1.165) is 12.8 Å². The summed E-state index contributed by atoms with van der Waals surface area (Å²) in [4.78, 5) is 1.43. The Hall–Kier alpha value is -2.12. The molecule has 1 aliphatic carbocycles. The van der Waals surface area contributed by atoms with Crippen LogP contribution in [0.5, 0.6) is 0 Å². The fraction of sp³-hybridized carbons (Fsp3) is 0.100. The minimum Gasteiger partial charge on any atom is -0.144 e. The summed E-state index contributed by atoms with van der Waals surface area (Å²) in [6, 6.07) is 21.7. The molecule has 0 amide bonds. The highest BCUT2D eigenvalue weighted by atomic mass is 32.1.